The molecule has 1 atom stereocenters. The summed E-state index contributed by atoms with van der Waals surface area (Å²) in [6.07, 6.45) is 0. The van der Waals surface area contributed by atoms with Gasteiger partial charge in [0.1, 0.15) is 17.4 Å². The van der Waals surface area contributed by atoms with Gasteiger partial charge < -0.3 is 15.2 Å². The zero-order chi connectivity index (χ0) is 21.3. The molecule has 3 heterocycles. The first kappa shape index (κ1) is 20.5. The van der Waals surface area contributed by atoms with E-state index in [-0.39, 0.29) is 11.5 Å². The van der Waals surface area contributed by atoms with Crippen LogP contribution in [0.1, 0.15) is 23.3 Å². The number of thiophene rings is 1. The Morgan fingerprint density at radius 1 is 1.43 bits per heavy atom. The van der Waals surface area contributed by atoms with Crippen molar-refractivity contribution in [2.24, 2.45) is 5.73 Å². The van der Waals surface area contributed by atoms with Crippen molar-refractivity contribution in [2.75, 3.05) is 7.11 Å². The van der Waals surface area contributed by atoms with Crippen molar-refractivity contribution in [3.63, 3.8) is 0 Å². The molecule has 1 aliphatic heterocycles. The van der Waals surface area contributed by atoms with Crippen LogP contribution in [0.15, 0.2) is 62.8 Å². The number of allylic oxidation sites excluding steroid dienone is 2. The van der Waals surface area contributed by atoms with Crippen LogP contribution in [-0.4, -0.2) is 18.1 Å². The minimum atomic E-state index is -0.595. The number of methoxy groups -OCH3 is 1. The number of thiazole rings is 1. The topological polar surface area (TPSA) is 98.2 Å². The molecule has 4 rings (SSSR count). The number of benzene rings is 1. The van der Waals surface area contributed by atoms with E-state index in [1.54, 1.807) is 30.0 Å². The van der Waals surface area contributed by atoms with E-state index in [0.717, 1.165) is 30.7 Å². The summed E-state index contributed by atoms with van der Waals surface area (Å²) in [5.74, 6) is -0.0239. The van der Waals surface area contributed by atoms with E-state index in [1.807, 2.05) is 29.6 Å². The standard InChI is InChI=1S/C21H17N3O3S3/c1-11-17(20(25)26-2)18(13(8-22)19(23)27-11)16-7-12(9-28-16)10-29-21-24-14-5-3-4-6-15(14)30-21/h3-7,9,18H,10,23H2,1-2H3/t18-/m0/s1. The largest absolute Gasteiger partial charge is 0.466 e. The Labute approximate surface area is 185 Å². The summed E-state index contributed by atoms with van der Waals surface area (Å²) in [5.41, 5.74) is 8.54. The number of carbonyl (C=O) groups excluding carboxylic acids is 1. The highest BCUT2D eigenvalue weighted by Gasteiger charge is 2.36. The van der Waals surface area contributed by atoms with Crippen LogP contribution < -0.4 is 5.73 Å². The molecule has 3 aromatic rings. The van der Waals surface area contributed by atoms with Gasteiger partial charge in [-0.25, -0.2) is 9.78 Å². The number of nitriles is 1. The molecule has 1 aromatic carbocycles. The smallest absolute Gasteiger partial charge is 0.338 e. The van der Waals surface area contributed by atoms with Crippen molar-refractivity contribution in [3.8, 4) is 6.07 Å². The Bertz CT molecular complexity index is 1200. The highest BCUT2D eigenvalue weighted by atomic mass is 32.2. The summed E-state index contributed by atoms with van der Waals surface area (Å²) in [5, 5.41) is 11.7. The molecule has 6 nitrogen and oxygen atoms in total. The molecule has 30 heavy (non-hydrogen) atoms. The molecule has 0 amide bonds. The van der Waals surface area contributed by atoms with Gasteiger partial charge in [0.05, 0.1) is 28.8 Å². The highest BCUT2D eigenvalue weighted by Crippen LogP contribution is 2.42. The molecule has 0 saturated heterocycles. The second kappa shape index (κ2) is 8.52. The second-order valence-corrected chi connectivity index (χ2v) is 9.68. The van der Waals surface area contributed by atoms with E-state index in [1.165, 1.54) is 18.4 Å². The van der Waals surface area contributed by atoms with E-state index in [9.17, 15) is 10.1 Å². The van der Waals surface area contributed by atoms with Gasteiger partial charge in [0, 0.05) is 10.6 Å². The number of fused-ring (bicyclic) bond motifs is 1. The predicted octanol–water partition coefficient (Wildman–Crippen LogP) is 4.90. The van der Waals surface area contributed by atoms with Crippen LogP contribution >= 0.6 is 34.4 Å². The van der Waals surface area contributed by atoms with Crippen molar-refractivity contribution in [1.82, 2.24) is 4.98 Å². The number of aromatic nitrogens is 1. The molecule has 0 spiro atoms. The Hall–Kier alpha value is -2.80. The van der Waals surface area contributed by atoms with Crippen LogP contribution in [0, 0.1) is 11.3 Å². The molecule has 2 N–H and O–H groups in total. The van der Waals surface area contributed by atoms with E-state index in [2.05, 4.69) is 17.1 Å². The van der Waals surface area contributed by atoms with Crippen LogP contribution in [0.2, 0.25) is 0 Å². The van der Waals surface area contributed by atoms with Crippen molar-refractivity contribution in [2.45, 2.75) is 22.9 Å². The SMILES string of the molecule is COC(=O)C1=C(C)OC(N)=C(C#N)[C@H]1c1cc(CSc2nc3ccccc3s2)cs1. The third-order valence-corrected chi connectivity index (χ3v) is 7.90. The van der Waals surface area contributed by atoms with Gasteiger partial charge in [0.2, 0.25) is 5.88 Å². The first-order chi connectivity index (χ1) is 14.5. The fourth-order valence-corrected chi connectivity index (χ4v) is 6.35. The predicted molar refractivity (Wildman–Crippen MR) is 119 cm³/mol. The molecular weight excluding hydrogens is 438 g/mol. The van der Waals surface area contributed by atoms with Crippen LogP contribution in [0.4, 0.5) is 0 Å². The van der Waals surface area contributed by atoms with Crippen molar-refractivity contribution in [3.05, 3.63) is 68.9 Å². The molecule has 2 aromatic heterocycles. The van der Waals surface area contributed by atoms with Crippen molar-refractivity contribution < 1.29 is 14.3 Å². The van der Waals surface area contributed by atoms with Crippen LogP contribution in [-0.2, 0) is 20.0 Å². The Morgan fingerprint density at radius 3 is 2.97 bits per heavy atom. The van der Waals surface area contributed by atoms with Gasteiger partial charge in [-0.15, -0.1) is 22.7 Å². The van der Waals surface area contributed by atoms with Crippen LogP contribution in [0.3, 0.4) is 0 Å². The third kappa shape index (κ3) is 3.81. The normalized spacial score (nSPS) is 16.5. The van der Waals surface area contributed by atoms with Crippen molar-refractivity contribution >= 4 is 50.6 Å². The molecule has 0 radical (unpaired) electrons. The number of carbonyl (C=O) groups is 1. The van der Waals surface area contributed by atoms with Gasteiger partial charge in [-0.05, 0) is 36.1 Å². The Kier molecular flexibility index (Phi) is 5.81. The minimum Gasteiger partial charge on any atom is -0.466 e. The number of thioether (sulfide) groups is 1. The quantitative estimate of drug-likeness (QED) is 0.431. The number of hydrogen-bond acceptors (Lipinski definition) is 9. The fraction of sp³-hybridized carbons (Fsp3) is 0.190. The number of nitrogens with two attached hydrogens (primary N) is 1. The first-order valence-electron chi connectivity index (χ1n) is 8.94. The minimum absolute atomic E-state index is 0.0199. The molecule has 0 bridgehead atoms. The molecule has 0 fully saturated rings. The van der Waals surface area contributed by atoms with Gasteiger partial charge in [-0.3, -0.25) is 0 Å². The maximum absolute atomic E-state index is 12.4. The molecular formula is C21H17N3O3S3. The summed E-state index contributed by atoms with van der Waals surface area (Å²) in [6.45, 7) is 1.65. The lowest BCUT2D eigenvalue weighted by atomic mass is 9.87. The maximum atomic E-state index is 12.4. The fourth-order valence-electron chi connectivity index (χ4n) is 3.22. The summed E-state index contributed by atoms with van der Waals surface area (Å²) >= 11 is 4.81. The van der Waals surface area contributed by atoms with Gasteiger partial charge in [0.25, 0.3) is 0 Å². The average Bonchev–Trinajstić information content (AvgIpc) is 3.37. The number of esters is 1. The number of ether oxygens (including phenoxy) is 2. The van der Waals surface area contributed by atoms with Gasteiger partial charge in [0.15, 0.2) is 4.34 Å². The summed E-state index contributed by atoms with van der Waals surface area (Å²) in [6, 6.07) is 12.2. The first-order valence-corrected chi connectivity index (χ1v) is 11.6. The Morgan fingerprint density at radius 2 is 2.23 bits per heavy atom. The lowest BCUT2D eigenvalue weighted by Crippen LogP contribution is -2.24. The van der Waals surface area contributed by atoms with E-state index in [0.29, 0.717) is 11.3 Å². The maximum Gasteiger partial charge on any atom is 0.338 e. The zero-order valence-electron chi connectivity index (χ0n) is 16.2. The Balaban J connectivity index is 1.59. The summed E-state index contributed by atoms with van der Waals surface area (Å²) in [7, 11) is 1.31. The third-order valence-electron chi connectivity index (χ3n) is 4.61. The molecule has 152 valence electrons. The number of hydrogen-bond donors (Lipinski definition) is 1. The van der Waals surface area contributed by atoms with Gasteiger partial charge in [-0.2, -0.15) is 5.26 Å². The molecule has 0 unspecified atom stereocenters. The van der Waals surface area contributed by atoms with Crippen LogP contribution in [0.25, 0.3) is 10.2 Å². The zero-order valence-corrected chi connectivity index (χ0v) is 18.6. The lowest BCUT2D eigenvalue weighted by molar-refractivity contribution is -0.136. The molecule has 1 aliphatic rings. The van der Waals surface area contributed by atoms with Crippen LogP contribution in [0.5, 0.6) is 0 Å². The van der Waals surface area contributed by atoms with Crippen molar-refractivity contribution in [1.29, 1.82) is 5.26 Å². The second-order valence-electron chi connectivity index (χ2n) is 6.48. The number of rotatable bonds is 5. The average molecular weight is 456 g/mol. The van der Waals surface area contributed by atoms with E-state index < -0.39 is 11.9 Å². The molecule has 0 aliphatic carbocycles. The molecule has 9 heteroatoms. The van der Waals surface area contributed by atoms with E-state index in [4.69, 9.17) is 15.2 Å². The van der Waals surface area contributed by atoms with Gasteiger partial charge in [-0.1, -0.05) is 23.9 Å². The number of para-hydroxylation sites is 1. The number of nitrogens with zero attached hydrogens (tertiary/aromatic N) is 2. The monoisotopic (exact) mass is 455 g/mol. The summed E-state index contributed by atoms with van der Waals surface area (Å²) in [4.78, 5) is 17.9. The summed E-state index contributed by atoms with van der Waals surface area (Å²) < 4.78 is 12.5. The van der Waals surface area contributed by atoms with E-state index >= 15 is 0 Å². The van der Waals surface area contributed by atoms with Gasteiger partial charge >= 0.3 is 5.97 Å². The highest BCUT2D eigenvalue weighted by molar-refractivity contribution is 8.00. The lowest BCUT2D eigenvalue weighted by Gasteiger charge is -2.25. The molecule has 0 saturated carbocycles.